The van der Waals surface area contributed by atoms with E-state index in [0.29, 0.717) is 60.6 Å². The van der Waals surface area contributed by atoms with Crippen LogP contribution < -0.4 is 15.0 Å². The first kappa shape index (κ1) is 25.2. The Bertz CT molecular complexity index is 1310. The number of benzene rings is 2. The number of nitrogens with zero attached hydrogens (tertiary/aromatic N) is 4. The Labute approximate surface area is 210 Å². The van der Waals surface area contributed by atoms with E-state index >= 15 is 0 Å². The van der Waals surface area contributed by atoms with Crippen LogP contribution in [0.1, 0.15) is 47.0 Å². The third-order valence-corrected chi connectivity index (χ3v) is 6.54. The molecule has 1 aromatic heterocycles. The lowest BCUT2D eigenvalue weighted by atomic mass is 10.1. The number of aryl methyl sites for hydroxylation is 1. The number of methoxy groups -OCH3 is 2. The highest BCUT2D eigenvalue weighted by Crippen LogP contribution is 2.26. The van der Waals surface area contributed by atoms with Gasteiger partial charge in [0.15, 0.2) is 5.69 Å². The van der Waals surface area contributed by atoms with Gasteiger partial charge in [-0.05, 0) is 24.6 Å². The van der Waals surface area contributed by atoms with E-state index in [0.717, 1.165) is 19.3 Å². The van der Waals surface area contributed by atoms with Crippen molar-refractivity contribution in [3.05, 3.63) is 64.1 Å². The van der Waals surface area contributed by atoms with Crippen LogP contribution in [0.25, 0.3) is 10.8 Å². The second-order valence-corrected chi connectivity index (χ2v) is 8.78. The van der Waals surface area contributed by atoms with E-state index in [4.69, 9.17) is 9.47 Å². The Kier molecular flexibility index (Phi) is 7.87. The molecule has 2 amide bonds. The average molecular weight is 493 g/mol. The number of unbranched alkanes of at least 4 members (excludes halogenated alkanes) is 2. The number of aromatic nitrogens is 2. The average Bonchev–Trinajstić information content (AvgIpc) is 2.93. The van der Waals surface area contributed by atoms with Gasteiger partial charge in [-0.3, -0.25) is 14.4 Å². The standard InChI is InChI=1S/C27H32N4O5/c1-4-5-8-13-31-26(33)21-10-7-6-9-20(21)24(28-31)27(34)30-16-14-29(15-17-30)25(32)22-12-11-19(35-2)18-23(22)36-3/h6-7,9-12,18H,4-5,8,13-17H2,1-3H3. The van der Waals surface area contributed by atoms with Gasteiger partial charge in [0, 0.05) is 44.2 Å². The van der Waals surface area contributed by atoms with E-state index in [1.54, 1.807) is 59.4 Å². The molecule has 0 radical (unpaired) electrons. The highest BCUT2D eigenvalue weighted by atomic mass is 16.5. The molecule has 0 spiro atoms. The molecule has 3 aromatic rings. The third kappa shape index (κ3) is 5.05. The number of carbonyl (C=O) groups excluding carboxylic acids is 2. The van der Waals surface area contributed by atoms with Crippen LogP contribution in [-0.2, 0) is 6.54 Å². The number of amides is 2. The number of hydrogen-bond acceptors (Lipinski definition) is 6. The summed E-state index contributed by atoms with van der Waals surface area (Å²) in [7, 11) is 3.07. The van der Waals surface area contributed by atoms with Crippen molar-refractivity contribution >= 4 is 22.6 Å². The van der Waals surface area contributed by atoms with Crippen LogP contribution in [0, 0.1) is 0 Å². The molecule has 1 aliphatic heterocycles. The Morgan fingerprint density at radius 1 is 0.889 bits per heavy atom. The molecule has 0 saturated carbocycles. The zero-order valence-corrected chi connectivity index (χ0v) is 21.0. The lowest BCUT2D eigenvalue weighted by Crippen LogP contribution is -2.51. The maximum atomic E-state index is 13.5. The van der Waals surface area contributed by atoms with Gasteiger partial charge >= 0.3 is 0 Å². The van der Waals surface area contributed by atoms with E-state index in [1.807, 2.05) is 0 Å². The monoisotopic (exact) mass is 492 g/mol. The molecule has 2 heterocycles. The molecule has 0 unspecified atom stereocenters. The number of carbonyl (C=O) groups is 2. The van der Waals surface area contributed by atoms with Gasteiger partial charge < -0.3 is 19.3 Å². The number of piperazine rings is 1. The Balaban J connectivity index is 1.52. The van der Waals surface area contributed by atoms with E-state index in [-0.39, 0.29) is 23.1 Å². The zero-order valence-electron chi connectivity index (χ0n) is 21.0. The van der Waals surface area contributed by atoms with Crippen LogP contribution in [0.15, 0.2) is 47.3 Å². The Morgan fingerprint density at radius 3 is 2.19 bits per heavy atom. The molecule has 1 saturated heterocycles. The van der Waals surface area contributed by atoms with Crippen molar-refractivity contribution in [2.24, 2.45) is 0 Å². The van der Waals surface area contributed by atoms with Gasteiger partial charge in [0.05, 0.1) is 25.2 Å². The molecule has 2 aromatic carbocycles. The summed E-state index contributed by atoms with van der Waals surface area (Å²) in [6.07, 6.45) is 2.84. The predicted octanol–water partition coefficient (Wildman–Crippen LogP) is 3.20. The summed E-state index contributed by atoms with van der Waals surface area (Å²) in [5.74, 6) is 0.660. The van der Waals surface area contributed by atoms with Crippen LogP contribution in [0.2, 0.25) is 0 Å². The minimum atomic E-state index is -0.232. The first-order valence-corrected chi connectivity index (χ1v) is 12.3. The zero-order chi connectivity index (χ0) is 25.7. The first-order valence-electron chi connectivity index (χ1n) is 12.3. The minimum Gasteiger partial charge on any atom is -0.497 e. The molecule has 1 aliphatic rings. The summed E-state index contributed by atoms with van der Waals surface area (Å²) in [4.78, 5) is 43.0. The van der Waals surface area contributed by atoms with Crippen molar-refractivity contribution in [1.82, 2.24) is 19.6 Å². The van der Waals surface area contributed by atoms with Crippen molar-refractivity contribution in [2.45, 2.75) is 32.7 Å². The molecular formula is C27H32N4O5. The summed E-state index contributed by atoms with van der Waals surface area (Å²) in [6.45, 7) is 4.08. The van der Waals surface area contributed by atoms with E-state index in [9.17, 15) is 14.4 Å². The van der Waals surface area contributed by atoms with Crippen LogP contribution in [-0.4, -0.2) is 71.8 Å². The fourth-order valence-corrected chi connectivity index (χ4v) is 4.46. The van der Waals surface area contributed by atoms with E-state index in [2.05, 4.69) is 12.0 Å². The first-order chi connectivity index (χ1) is 17.5. The molecular weight excluding hydrogens is 460 g/mol. The normalized spacial score (nSPS) is 13.6. The number of hydrogen-bond donors (Lipinski definition) is 0. The lowest BCUT2D eigenvalue weighted by molar-refractivity contribution is 0.0530. The van der Waals surface area contributed by atoms with Gasteiger partial charge in [-0.25, -0.2) is 4.68 Å². The van der Waals surface area contributed by atoms with Crippen LogP contribution >= 0.6 is 0 Å². The van der Waals surface area contributed by atoms with Gasteiger partial charge in [0.25, 0.3) is 17.4 Å². The van der Waals surface area contributed by atoms with Crippen LogP contribution in [0.3, 0.4) is 0 Å². The molecule has 9 nitrogen and oxygen atoms in total. The quantitative estimate of drug-likeness (QED) is 0.449. The van der Waals surface area contributed by atoms with Crippen molar-refractivity contribution in [3.8, 4) is 11.5 Å². The maximum absolute atomic E-state index is 13.5. The van der Waals surface area contributed by atoms with Gasteiger partial charge in [-0.15, -0.1) is 0 Å². The van der Waals surface area contributed by atoms with E-state index < -0.39 is 0 Å². The highest BCUT2D eigenvalue weighted by Gasteiger charge is 2.29. The second-order valence-electron chi connectivity index (χ2n) is 8.78. The number of rotatable bonds is 8. The highest BCUT2D eigenvalue weighted by molar-refractivity contribution is 6.05. The molecule has 1 fully saturated rings. The van der Waals surface area contributed by atoms with Gasteiger partial charge in [0.2, 0.25) is 0 Å². The summed E-state index contributed by atoms with van der Waals surface area (Å²) < 4.78 is 12.0. The van der Waals surface area contributed by atoms with Gasteiger partial charge in [-0.2, -0.15) is 5.10 Å². The number of fused-ring (bicyclic) bond motifs is 1. The third-order valence-electron chi connectivity index (χ3n) is 6.54. The Hall–Kier alpha value is -3.88. The molecule has 4 rings (SSSR count). The fourth-order valence-electron chi connectivity index (χ4n) is 4.46. The van der Waals surface area contributed by atoms with Crippen molar-refractivity contribution < 1.29 is 19.1 Å². The fraction of sp³-hybridized carbons (Fsp3) is 0.407. The SMILES string of the molecule is CCCCCn1nc(C(=O)N2CCN(C(=O)c3ccc(OC)cc3OC)CC2)c2ccccc2c1=O. The largest absolute Gasteiger partial charge is 0.497 e. The van der Waals surface area contributed by atoms with Crippen LogP contribution in [0.5, 0.6) is 11.5 Å². The lowest BCUT2D eigenvalue weighted by Gasteiger charge is -2.35. The second kappa shape index (κ2) is 11.2. The summed E-state index contributed by atoms with van der Waals surface area (Å²) in [6, 6.07) is 12.2. The van der Waals surface area contributed by atoms with Gasteiger partial charge in [-0.1, -0.05) is 38.0 Å². The Morgan fingerprint density at radius 2 is 1.56 bits per heavy atom. The van der Waals surface area contributed by atoms with E-state index in [1.165, 1.54) is 11.8 Å². The topological polar surface area (TPSA) is 94.0 Å². The van der Waals surface area contributed by atoms with Crippen molar-refractivity contribution in [3.63, 3.8) is 0 Å². The molecule has 0 N–H and O–H groups in total. The predicted molar refractivity (Wildman–Crippen MR) is 137 cm³/mol. The minimum absolute atomic E-state index is 0.158. The summed E-state index contributed by atoms with van der Waals surface area (Å²) in [5, 5.41) is 5.54. The molecule has 9 heteroatoms. The van der Waals surface area contributed by atoms with Crippen molar-refractivity contribution in [1.29, 1.82) is 0 Å². The molecule has 0 aliphatic carbocycles. The smallest absolute Gasteiger partial charge is 0.275 e. The summed E-state index contributed by atoms with van der Waals surface area (Å²) >= 11 is 0. The summed E-state index contributed by atoms with van der Waals surface area (Å²) in [5.41, 5.74) is 0.547. The molecule has 0 atom stereocenters. The van der Waals surface area contributed by atoms with Crippen molar-refractivity contribution in [2.75, 3.05) is 40.4 Å². The molecule has 190 valence electrons. The molecule has 36 heavy (non-hydrogen) atoms. The maximum Gasteiger partial charge on any atom is 0.275 e. The van der Waals surface area contributed by atoms with Gasteiger partial charge in [0.1, 0.15) is 11.5 Å². The van der Waals surface area contributed by atoms with Crippen LogP contribution in [0.4, 0.5) is 0 Å². The number of ether oxygens (including phenoxy) is 2. The molecule has 0 bridgehead atoms.